The third kappa shape index (κ3) is 3.82. The Kier molecular flexibility index (Phi) is 5.25. The molecule has 0 bridgehead atoms. The fraction of sp³-hybridized carbons (Fsp3) is 0.500. The first kappa shape index (κ1) is 16.6. The van der Waals surface area contributed by atoms with E-state index in [1.54, 1.807) is 24.3 Å². The van der Waals surface area contributed by atoms with Crippen molar-refractivity contribution in [3.8, 4) is 0 Å². The molecule has 0 spiro atoms. The van der Waals surface area contributed by atoms with Crippen LogP contribution in [0.3, 0.4) is 0 Å². The molecule has 1 atom stereocenters. The maximum atomic E-state index is 12.4. The maximum absolute atomic E-state index is 12.4. The van der Waals surface area contributed by atoms with E-state index in [9.17, 15) is 14.4 Å². The van der Waals surface area contributed by atoms with Gasteiger partial charge in [0.25, 0.3) is 5.91 Å². The molecule has 128 valence electrons. The predicted molar refractivity (Wildman–Crippen MR) is 89.3 cm³/mol. The Morgan fingerprint density at radius 3 is 2.42 bits per heavy atom. The number of nitrogens with zero attached hydrogens (tertiary/aromatic N) is 2. The normalized spacial score (nSPS) is 21.0. The van der Waals surface area contributed by atoms with Crippen molar-refractivity contribution in [1.29, 1.82) is 0 Å². The lowest BCUT2D eigenvalue weighted by atomic mass is 10.1. The van der Waals surface area contributed by atoms with Crippen LogP contribution < -0.4 is 5.32 Å². The summed E-state index contributed by atoms with van der Waals surface area (Å²) < 4.78 is 0. The van der Waals surface area contributed by atoms with Crippen LogP contribution in [0.15, 0.2) is 30.3 Å². The minimum absolute atomic E-state index is 0.0848. The number of amides is 3. The standard InChI is InChI=1S/C18H23N3O3/c22-16(20-10-4-5-11-20)13-21-12-6-9-15(21)18(24)19-17(23)14-7-2-1-3-8-14/h1-3,7-8,15H,4-6,9-13H2,(H,19,23,24)/t15-/m1/s1. The molecule has 3 rings (SSSR count). The summed E-state index contributed by atoms with van der Waals surface area (Å²) in [5.74, 6) is -0.615. The van der Waals surface area contributed by atoms with Crippen LogP contribution in [0.4, 0.5) is 0 Å². The molecule has 2 aliphatic rings. The van der Waals surface area contributed by atoms with Crippen molar-refractivity contribution >= 4 is 17.7 Å². The molecule has 2 saturated heterocycles. The lowest BCUT2D eigenvalue weighted by Crippen LogP contribution is -2.48. The molecular formula is C18H23N3O3. The zero-order valence-corrected chi connectivity index (χ0v) is 13.7. The first-order valence-electron chi connectivity index (χ1n) is 8.57. The third-order valence-corrected chi connectivity index (χ3v) is 4.74. The monoisotopic (exact) mass is 329 g/mol. The van der Waals surface area contributed by atoms with Crippen molar-refractivity contribution in [2.75, 3.05) is 26.2 Å². The van der Waals surface area contributed by atoms with E-state index in [4.69, 9.17) is 0 Å². The summed E-state index contributed by atoms with van der Waals surface area (Å²) in [7, 11) is 0. The van der Waals surface area contributed by atoms with Gasteiger partial charge in [0.1, 0.15) is 0 Å². The van der Waals surface area contributed by atoms with Crippen molar-refractivity contribution in [3.63, 3.8) is 0 Å². The van der Waals surface area contributed by atoms with Gasteiger partial charge < -0.3 is 4.90 Å². The molecule has 1 N–H and O–H groups in total. The zero-order chi connectivity index (χ0) is 16.9. The van der Waals surface area contributed by atoms with Crippen LogP contribution in [0.25, 0.3) is 0 Å². The summed E-state index contributed by atoms with van der Waals surface area (Å²) in [5, 5.41) is 2.47. The van der Waals surface area contributed by atoms with Gasteiger partial charge in [0.15, 0.2) is 0 Å². The Labute approximate surface area is 141 Å². The summed E-state index contributed by atoms with van der Waals surface area (Å²) in [6.45, 7) is 2.61. The van der Waals surface area contributed by atoms with Crippen molar-refractivity contribution in [3.05, 3.63) is 35.9 Å². The molecule has 0 radical (unpaired) electrons. The Morgan fingerprint density at radius 2 is 1.71 bits per heavy atom. The molecule has 1 aromatic carbocycles. The van der Waals surface area contributed by atoms with Crippen LogP contribution >= 0.6 is 0 Å². The van der Waals surface area contributed by atoms with E-state index in [2.05, 4.69) is 5.32 Å². The summed E-state index contributed by atoms with van der Waals surface area (Å²) in [4.78, 5) is 40.6. The van der Waals surface area contributed by atoms with E-state index in [-0.39, 0.29) is 18.4 Å². The van der Waals surface area contributed by atoms with Gasteiger partial charge in [0, 0.05) is 18.7 Å². The lowest BCUT2D eigenvalue weighted by Gasteiger charge is -2.25. The summed E-state index contributed by atoms with van der Waals surface area (Å²) in [6, 6.07) is 8.29. The smallest absolute Gasteiger partial charge is 0.257 e. The van der Waals surface area contributed by atoms with Crippen LogP contribution in [0.1, 0.15) is 36.0 Å². The van der Waals surface area contributed by atoms with Gasteiger partial charge in [-0.15, -0.1) is 0 Å². The minimum Gasteiger partial charge on any atom is -0.342 e. The molecule has 0 unspecified atom stereocenters. The Bertz CT molecular complexity index is 611. The van der Waals surface area contributed by atoms with E-state index in [0.29, 0.717) is 12.0 Å². The first-order valence-corrected chi connectivity index (χ1v) is 8.57. The second-order valence-corrected chi connectivity index (χ2v) is 6.40. The van der Waals surface area contributed by atoms with Gasteiger partial charge in [0.05, 0.1) is 12.6 Å². The topological polar surface area (TPSA) is 69.7 Å². The fourth-order valence-electron chi connectivity index (χ4n) is 3.41. The van der Waals surface area contributed by atoms with Gasteiger partial charge in [-0.1, -0.05) is 18.2 Å². The van der Waals surface area contributed by atoms with Crippen molar-refractivity contribution in [1.82, 2.24) is 15.1 Å². The second kappa shape index (κ2) is 7.57. The number of nitrogens with one attached hydrogen (secondary N) is 1. The van der Waals surface area contributed by atoms with E-state index in [1.807, 2.05) is 15.9 Å². The SMILES string of the molecule is O=C(NC(=O)[C@H]1CCCN1CC(=O)N1CCCC1)c1ccccc1. The highest BCUT2D eigenvalue weighted by atomic mass is 16.2. The van der Waals surface area contributed by atoms with Crippen LogP contribution in [0.5, 0.6) is 0 Å². The van der Waals surface area contributed by atoms with E-state index >= 15 is 0 Å². The predicted octanol–water partition coefficient (Wildman–Crippen LogP) is 1.03. The van der Waals surface area contributed by atoms with Gasteiger partial charge in [-0.05, 0) is 44.4 Å². The quantitative estimate of drug-likeness (QED) is 0.838. The molecule has 24 heavy (non-hydrogen) atoms. The molecule has 2 fully saturated rings. The first-order chi connectivity index (χ1) is 11.6. The van der Waals surface area contributed by atoms with Gasteiger partial charge >= 0.3 is 0 Å². The fourth-order valence-corrected chi connectivity index (χ4v) is 3.41. The molecule has 0 aromatic heterocycles. The highest BCUT2D eigenvalue weighted by molar-refractivity contribution is 6.06. The molecule has 6 nitrogen and oxygen atoms in total. The van der Waals surface area contributed by atoms with Gasteiger partial charge in [0.2, 0.25) is 11.8 Å². The van der Waals surface area contributed by atoms with E-state index < -0.39 is 11.9 Å². The Morgan fingerprint density at radius 1 is 1.00 bits per heavy atom. The Hall–Kier alpha value is -2.21. The molecule has 6 heteroatoms. The number of imide groups is 1. The van der Waals surface area contributed by atoms with E-state index in [1.165, 1.54) is 0 Å². The number of likely N-dealkylation sites (tertiary alicyclic amines) is 2. The molecular weight excluding hydrogens is 306 g/mol. The molecule has 0 aliphatic carbocycles. The number of rotatable bonds is 4. The largest absolute Gasteiger partial charge is 0.342 e. The average Bonchev–Trinajstić information content (AvgIpc) is 3.27. The zero-order valence-electron chi connectivity index (χ0n) is 13.7. The highest BCUT2D eigenvalue weighted by Crippen LogP contribution is 2.18. The molecule has 2 aliphatic heterocycles. The van der Waals surface area contributed by atoms with Crippen LogP contribution in [0.2, 0.25) is 0 Å². The average molecular weight is 329 g/mol. The van der Waals surface area contributed by atoms with Crippen LogP contribution in [-0.4, -0.2) is 59.7 Å². The molecule has 3 amide bonds. The molecule has 1 aromatic rings. The summed E-state index contributed by atoms with van der Waals surface area (Å²) in [5.41, 5.74) is 0.462. The maximum Gasteiger partial charge on any atom is 0.257 e. The van der Waals surface area contributed by atoms with Crippen LogP contribution in [0, 0.1) is 0 Å². The lowest BCUT2D eigenvalue weighted by molar-refractivity contribution is -0.132. The molecule has 0 saturated carbocycles. The number of benzene rings is 1. The van der Waals surface area contributed by atoms with Crippen molar-refractivity contribution in [2.45, 2.75) is 31.7 Å². The Balaban J connectivity index is 1.57. The summed E-state index contributed by atoms with van der Waals surface area (Å²) in [6.07, 6.45) is 3.66. The van der Waals surface area contributed by atoms with Crippen LogP contribution in [-0.2, 0) is 9.59 Å². The van der Waals surface area contributed by atoms with Gasteiger partial charge in [-0.3, -0.25) is 24.6 Å². The number of hydrogen-bond donors (Lipinski definition) is 1. The highest BCUT2D eigenvalue weighted by Gasteiger charge is 2.34. The summed E-state index contributed by atoms with van der Waals surface area (Å²) >= 11 is 0. The molecule has 2 heterocycles. The second-order valence-electron chi connectivity index (χ2n) is 6.40. The van der Waals surface area contributed by atoms with E-state index in [0.717, 1.165) is 38.9 Å². The van der Waals surface area contributed by atoms with Gasteiger partial charge in [-0.2, -0.15) is 0 Å². The third-order valence-electron chi connectivity index (χ3n) is 4.74. The number of hydrogen-bond acceptors (Lipinski definition) is 4. The number of carbonyl (C=O) groups is 3. The van der Waals surface area contributed by atoms with Crippen molar-refractivity contribution < 1.29 is 14.4 Å². The van der Waals surface area contributed by atoms with Crippen molar-refractivity contribution in [2.24, 2.45) is 0 Å². The minimum atomic E-state index is -0.399. The van der Waals surface area contributed by atoms with Gasteiger partial charge in [-0.25, -0.2) is 0 Å². The number of carbonyl (C=O) groups excluding carboxylic acids is 3.